The molecule has 3 aromatic carbocycles. The number of carbonyl (C=O) groups is 2. The molecule has 2 amide bonds. The third-order valence-electron chi connectivity index (χ3n) is 6.26. The molecular weight excluding hydrogens is 474 g/mol. The van der Waals surface area contributed by atoms with Gasteiger partial charge in [-0.25, -0.2) is 0 Å². The molecule has 0 saturated carbocycles. The summed E-state index contributed by atoms with van der Waals surface area (Å²) >= 11 is 0. The number of β-amino-alcohol motifs (C(OH)–C–C–N with tert-alkyl or cyclic N) is 1. The summed E-state index contributed by atoms with van der Waals surface area (Å²) in [4.78, 5) is 26.3. The lowest BCUT2D eigenvalue weighted by atomic mass is 9.98. The molecule has 1 aliphatic rings. The average Bonchev–Trinajstić information content (AvgIpc) is 2.91. The van der Waals surface area contributed by atoms with Gasteiger partial charge in [-0.2, -0.15) is 0 Å². The molecule has 0 radical (unpaired) electrons. The number of carbonyl (C=O) groups excluding carboxylic acids is 2. The van der Waals surface area contributed by atoms with Gasteiger partial charge in [0.1, 0.15) is 18.5 Å². The number of nitrogens with one attached hydrogen (secondary N) is 1. The Labute approximate surface area is 215 Å². The number of hydrogen-bond donors (Lipinski definition) is 3. The number of hydrogen-bond acceptors (Lipinski definition) is 7. The van der Waals surface area contributed by atoms with Crippen LogP contribution in [0.25, 0.3) is 0 Å². The zero-order chi connectivity index (χ0) is 26.4. The minimum Gasteiger partial charge on any atom is -0.493 e. The van der Waals surface area contributed by atoms with E-state index < -0.39 is 17.9 Å². The first-order valence-electron chi connectivity index (χ1n) is 11.9. The van der Waals surface area contributed by atoms with E-state index in [9.17, 15) is 14.7 Å². The van der Waals surface area contributed by atoms with Crippen LogP contribution in [-0.4, -0.2) is 61.8 Å². The van der Waals surface area contributed by atoms with Gasteiger partial charge < -0.3 is 30.4 Å². The smallest absolute Gasteiger partial charge is 0.256 e. The molecule has 4 N–H and O–H groups in total. The van der Waals surface area contributed by atoms with E-state index in [2.05, 4.69) is 10.2 Å². The molecule has 37 heavy (non-hydrogen) atoms. The van der Waals surface area contributed by atoms with Crippen LogP contribution in [0.4, 0.5) is 5.69 Å². The minimum absolute atomic E-state index is 0.132. The van der Waals surface area contributed by atoms with E-state index in [1.807, 2.05) is 12.1 Å². The van der Waals surface area contributed by atoms with Crippen molar-refractivity contribution >= 4 is 17.5 Å². The molecule has 0 aliphatic carbocycles. The Hall–Kier alpha value is -4.08. The van der Waals surface area contributed by atoms with Crippen LogP contribution in [0.15, 0.2) is 60.7 Å². The zero-order valence-electron chi connectivity index (χ0n) is 20.9. The van der Waals surface area contributed by atoms with Crippen molar-refractivity contribution in [3.63, 3.8) is 0 Å². The van der Waals surface area contributed by atoms with Gasteiger partial charge in [0.05, 0.1) is 25.3 Å². The van der Waals surface area contributed by atoms with Crippen molar-refractivity contribution in [2.45, 2.75) is 19.1 Å². The van der Waals surface area contributed by atoms with Crippen LogP contribution >= 0.6 is 0 Å². The van der Waals surface area contributed by atoms with E-state index in [4.69, 9.17) is 19.9 Å². The Kier molecular flexibility index (Phi) is 8.27. The maximum absolute atomic E-state index is 12.6. The predicted octanol–water partition coefficient (Wildman–Crippen LogP) is 2.85. The molecule has 194 valence electrons. The third kappa shape index (κ3) is 6.38. The fraction of sp³-hybridized carbons (Fsp3) is 0.286. The summed E-state index contributed by atoms with van der Waals surface area (Å²) in [5.41, 5.74) is 8.64. The Bertz CT molecular complexity index is 1260. The predicted molar refractivity (Wildman–Crippen MR) is 139 cm³/mol. The summed E-state index contributed by atoms with van der Waals surface area (Å²) in [6.45, 7) is 2.14. The average molecular weight is 506 g/mol. The van der Waals surface area contributed by atoms with Gasteiger partial charge in [0.2, 0.25) is 5.91 Å². The molecule has 0 bridgehead atoms. The summed E-state index contributed by atoms with van der Waals surface area (Å²) in [6.07, 6.45) is 0.187. The van der Waals surface area contributed by atoms with E-state index in [0.717, 1.165) is 24.3 Å². The maximum atomic E-state index is 12.6. The Morgan fingerprint density at radius 1 is 1.00 bits per heavy atom. The fourth-order valence-electron chi connectivity index (χ4n) is 4.37. The second-order valence-electron chi connectivity index (χ2n) is 8.81. The van der Waals surface area contributed by atoms with Crippen LogP contribution in [-0.2, 0) is 13.0 Å². The van der Waals surface area contributed by atoms with Crippen molar-refractivity contribution in [1.29, 1.82) is 0 Å². The molecule has 0 saturated heterocycles. The monoisotopic (exact) mass is 505 g/mol. The normalized spacial score (nSPS) is 13.8. The lowest BCUT2D eigenvalue weighted by Gasteiger charge is -2.31. The van der Waals surface area contributed by atoms with Gasteiger partial charge in [-0.05, 0) is 66.1 Å². The number of benzene rings is 3. The number of ether oxygens (including phenoxy) is 3. The van der Waals surface area contributed by atoms with Crippen LogP contribution in [0.1, 0.15) is 31.8 Å². The first-order chi connectivity index (χ1) is 17.9. The number of rotatable bonds is 10. The lowest BCUT2D eigenvalue weighted by Crippen LogP contribution is -2.38. The molecule has 4 rings (SSSR count). The van der Waals surface area contributed by atoms with Crippen molar-refractivity contribution < 1.29 is 28.9 Å². The van der Waals surface area contributed by atoms with Crippen molar-refractivity contribution in [3.05, 3.63) is 82.9 Å². The van der Waals surface area contributed by atoms with Crippen LogP contribution in [0.3, 0.4) is 0 Å². The van der Waals surface area contributed by atoms with E-state index in [1.54, 1.807) is 56.7 Å². The number of amides is 2. The van der Waals surface area contributed by atoms with Gasteiger partial charge in [-0.3, -0.25) is 14.5 Å². The van der Waals surface area contributed by atoms with E-state index in [0.29, 0.717) is 30.3 Å². The number of aliphatic hydroxyl groups excluding tert-OH is 1. The van der Waals surface area contributed by atoms with Gasteiger partial charge in [0, 0.05) is 25.3 Å². The highest BCUT2D eigenvalue weighted by Gasteiger charge is 2.21. The number of anilines is 1. The lowest BCUT2D eigenvalue weighted by molar-refractivity contribution is 0.0637. The molecule has 1 atom stereocenters. The maximum Gasteiger partial charge on any atom is 0.256 e. The summed E-state index contributed by atoms with van der Waals surface area (Å²) in [5.74, 6) is 0.891. The van der Waals surface area contributed by atoms with Crippen molar-refractivity contribution in [2.75, 3.05) is 39.2 Å². The molecule has 0 spiro atoms. The topological polar surface area (TPSA) is 123 Å². The zero-order valence-corrected chi connectivity index (χ0v) is 20.9. The Balaban J connectivity index is 1.28. The highest BCUT2D eigenvalue weighted by atomic mass is 16.5. The molecule has 9 nitrogen and oxygen atoms in total. The Morgan fingerprint density at radius 2 is 1.65 bits per heavy atom. The Morgan fingerprint density at radius 3 is 2.30 bits per heavy atom. The fourth-order valence-corrected chi connectivity index (χ4v) is 4.37. The van der Waals surface area contributed by atoms with Crippen molar-refractivity contribution in [2.24, 2.45) is 5.73 Å². The van der Waals surface area contributed by atoms with Crippen LogP contribution in [0.5, 0.6) is 17.2 Å². The first kappa shape index (κ1) is 26.0. The number of methoxy groups -OCH3 is 2. The number of primary amides is 1. The number of fused-ring (bicyclic) bond motifs is 1. The molecule has 1 aliphatic heterocycles. The number of nitrogens with two attached hydrogens (primary N) is 1. The number of aliphatic hydroxyl groups is 1. The molecule has 0 aromatic heterocycles. The summed E-state index contributed by atoms with van der Waals surface area (Å²) < 4.78 is 16.6. The SMILES string of the molecule is COc1cc2c(cc1OC)CN(CC(O)COc1ccc(NC(=O)c3ccccc3C(N)=O)cc1)CC2. The molecular formula is C28H31N3O6. The second-order valence-corrected chi connectivity index (χ2v) is 8.81. The molecule has 9 heteroatoms. The summed E-state index contributed by atoms with van der Waals surface area (Å²) in [5, 5.41) is 13.3. The summed E-state index contributed by atoms with van der Waals surface area (Å²) in [7, 11) is 3.25. The highest BCUT2D eigenvalue weighted by Crippen LogP contribution is 2.33. The van der Waals surface area contributed by atoms with Crippen LogP contribution < -0.4 is 25.3 Å². The standard InChI is InChI=1S/C28H31N3O6/c1-35-25-13-18-11-12-31(15-19(18)14-26(25)36-2)16-21(32)17-37-22-9-7-20(8-10-22)30-28(34)24-6-4-3-5-23(24)27(29)33/h3-10,13-14,21,32H,11-12,15-17H2,1-2H3,(H2,29,33)(H,30,34). The largest absolute Gasteiger partial charge is 0.493 e. The first-order valence-corrected chi connectivity index (χ1v) is 11.9. The van der Waals surface area contributed by atoms with Crippen molar-refractivity contribution in [1.82, 2.24) is 4.90 Å². The molecule has 1 unspecified atom stereocenters. The molecule has 1 heterocycles. The van der Waals surface area contributed by atoms with E-state index in [1.165, 1.54) is 11.6 Å². The van der Waals surface area contributed by atoms with Crippen molar-refractivity contribution in [3.8, 4) is 17.2 Å². The molecule has 3 aromatic rings. The molecule has 0 fully saturated rings. The van der Waals surface area contributed by atoms with Gasteiger partial charge in [-0.15, -0.1) is 0 Å². The van der Waals surface area contributed by atoms with Gasteiger partial charge in [-0.1, -0.05) is 12.1 Å². The van der Waals surface area contributed by atoms with E-state index in [-0.39, 0.29) is 17.7 Å². The minimum atomic E-state index is -0.675. The second kappa shape index (κ2) is 11.8. The van der Waals surface area contributed by atoms with Gasteiger partial charge >= 0.3 is 0 Å². The van der Waals surface area contributed by atoms with Gasteiger partial charge in [0.25, 0.3) is 5.91 Å². The highest BCUT2D eigenvalue weighted by molar-refractivity contribution is 6.11. The van der Waals surface area contributed by atoms with Gasteiger partial charge in [0.15, 0.2) is 11.5 Å². The van der Waals surface area contributed by atoms with Crippen LogP contribution in [0, 0.1) is 0 Å². The summed E-state index contributed by atoms with van der Waals surface area (Å²) in [6, 6.07) is 17.2. The van der Waals surface area contributed by atoms with E-state index >= 15 is 0 Å². The quantitative estimate of drug-likeness (QED) is 0.387. The van der Waals surface area contributed by atoms with Crippen LogP contribution in [0.2, 0.25) is 0 Å². The number of nitrogens with zero attached hydrogens (tertiary/aromatic N) is 1. The third-order valence-corrected chi connectivity index (χ3v) is 6.26.